The van der Waals surface area contributed by atoms with E-state index in [9.17, 15) is 10.1 Å². The summed E-state index contributed by atoms with van der Waals surface area (Å²) in [6, 6.07) is 5.24. The first-order valence-corrected chi connectivity index (χ1v) is 6.25. The minimum atomic E-state index is -0.360. The molecule has 0 aliphatic carbocycles. The summed E-state index contributed by atoms with van der Waals surface area (Å²) in [7, 11) is 3.50. The summed E-state index contributed by atoms with van der Waals surface area (Å²) in [4.78, 5) is 12.7. The van der Waals surface area contributed by atoms with Crippen LogP contribution >= 0.6 is 0 Å². The number of anilines is 2. The van der Waals surface area contributed by atoms with Crippen molar-refractivity contribution in [2.24, 2.45) is 0 Å². The zero-order valence-corrected chi connectivity index (χ0v) is 11.8. The first kappa shape index (κ1) is 15.2. The predicted octanol–water partition coefficient (Wildman–Crippen LogP) is 2.50. The molecule has 106 valence electrons. The van der Waals surface area contributed by atoms with Crippen LogP contribution in [0.25, 0.3) is 0 Å². The van der Waals surface area contributed by atoms with E-state index < -0.39 is 0 Å². The van der Waals surface area contributed by atoms with Crippen molar-refractivity contribution in [3.8, 4) is 0 Å². The molecule has 1 aromatic carbocycles. The molecule has 0 fully saturated rings. The number of nitro benzene ring substituents is 1. The Balaban J connectivity index is 2.89. The lowest BCUT2D eigenvalue weighted by molar-refractivity contribution is -0.383. The van der Waals surface area contributed by atoms with Crippen LogP contribution in [0.5, 0.6) is 0 Å². The zero-order chi connectivity index (χ0) is 14.4. The number of nitrogens with zero attached hydrogens (tertiary/aromatic N) is 2. The van der Waals surface area contributed by atoms with Gasteiger partial charge >= 0.3 is 5.69 Å². The van der Waals surface area contributed by atoms with Gasteiger partial charge in [0.2, 0.25) is 0 Å². The SMILES string of the molecule is CNc1cccc(N(C)CCOC(C)C)c1[N+](=O)[O-]. The summed E-state index contributed by atoms with van der Waals surface area (Å²) in [6.07, 6.45) is 0.159. The number of benzene rings is 1. The second-order valence-electron chi connectivity index (χ2n) is 4.52. The van der Waals surface area contributed by atoms with E-state index in [1.54, 1.807) is 25.2 Å². The second kappa shape index (κ2) is 6.94. The number of para-hydroxylation sites is 1. The van der Waals surface area contributed by atoms with Gasteiger partial charge in [0.1, 0.15) is 11.4 Å². The first-order chi connectivity index (χ1) is 8.97. The van der Waals surface area contributed by atoms with Crippen LogP contribution in [0.4, 0.5) is 17.1 Å². The van der Waals surface area contributed by atoms with E-state index >= 15 is 0 Å². The number of ether oxygens (including phenoxy) is 1. The number of hydrogen-bond donors (Lipinski definition) is 1. The first-order valence-electron chi connectivity index (χ1n) is 6.25. The molecule has 0 aliphatic rings. The molecule has 1 rings (SSSR count). The number of likely N-dealkylation sites (N-methyl/N-ethyl adjacent to an activating group) is 1. The molecule has 0 saturated heterocycles. The van der Waals surface area contributed by atoms with E-state index in [1.165, 1.54) is 0 Å². The van der Waals surface area contributed by atoms with Gasteiger partial charge in [-0.05, 0) is 26.0 Å². The maximum absolute atomic E-state index is 11.2. The fraction of sp³-hybridized carbons (Fsp3) is 0.538. The van der Waals surface area contributed by atoms with Gasteiger partial charge < -0.3 is 15.0 Å². The number of nitrogens with one attached hydrogen (secondary N) is 1. The van der Waals surface area contributed by atoms with Gasteiger partial charge in [-0.25, -0.2) is 0 Å². The Morgan fingerprint density at radius 2 is 2.16 bits per heavy atom. The molecule has 0 amide bonds. The van der Waals surface area contributed by atoms with Crippen LogP contribution in [-0.4, -0.2) is 38.3 Å². The minimum absolute atomic E-state index is 0.0945. The van der Waals surface area contributed by atoms with Crippen LogP contribution in [0.15, 0.2) is 18.2 Å². The Morgan fingerprint density at radius 3 is 2.68 bits per heavy atom. The molecule has 0 heterocycles. The molecular formula is C13H21N3O3. The molecule has 6 heteroatoms. The highest BCUT2D eigenvalue weighted by molar-refractivity contribution is 5.76. The van der Waals surface area contributed by atoms with Crippen molar-refractivity contribution in [1.82, 2.24) is 0 Å². The third kappa shape index (κ3) is 4.10. The number of nitro groups is 1. The highest BCUT2D eigenvalue weighted by Crippen LogP contribution is 2.34. The summed E-state index contributed by atoms with van der Waals surface area (Å²) in [5.41, 5.74) is 1.19. The number of rotatable bonds is 7. The van der Waals surface area contributed by atoms with Gasteiger partial charge in [-0.1, -0.05) is 6.07 Å². The molecule has 1 N–H and O–H groups in total. The molecule has 19 heavy (non-hydrogen) atoms. The van der Waals surface area contributed by atoms with Crippen LogP contribution in [0.1, 0.15) is 13.8 Å². The maximum Gasteiger partial charge on any atom is 0.315 e. The lowest BCUT2D eigenvalue weighted by atomic mass is 10.2. The standard InChI is InChI=1S/C13H21N3O3/c1-10(2)19-9-8-15(4)12-7-5-6-11(14-3)13(12)16(17)18/h5-7,10,14H,8-9H2,1-4H3. The van der Waals surface area contributed by atoms with Crippen LogP contribution < -0.4 is 10.2 Å². The molecule has 0 aromatic heterocycles. The smallest absolute Gasteiger partial charge is 0.315 e. The van der Waals surface area contributed by atoms with Crippen molar-refractivity contribution in [2.45, 2.75) is 20.0 Å². The highest BCUT2D eigenvalue weighted by Gasteiger charge is 2.21. The summed E-state index contributed by atoms with van der Waals surface area (Å²) in [5.74, 6) is 0. The fourth-order valence-electron chi connectivity index (χ4n) is 1.78. The molecule has 1 aromatic rings. The maximum atomic E-state index is 11.2. The van der Waals surface area contributed by atoms with E-state index in [0.29, 0.717) is 24.5 Å². The lowest BCUT2D eigenvalue weighted by Gasteiger charge is -2.20. The average Bonchev–Trinajstić information content (AvgIpc) is 2.36. The second-order valence-corrected chi connectivity index (χ2v) is 4.52. The fourth-order valence-corrected chi connectivity index (χ4v) is 1.78. The van der Waals surface area contributed by atoms with Crippen molar-refractivity contribution in [3.63, 3.8) is 0 Å². The Morgan fingerprint density at radius 1 is 1.47 bits per heavy atom. The quantitative estimate of drug-likeness (QED) is 0.607. The van der Waals surface area contributed by atoms with E-state index in [1.807, 2.05) is 25.8 Å². The molecule has 0 aliphatic heterocycles. The Labute approximate surface area is 113 Å². The van der Waals surface area contributed by atoms with Gasteiger partial charge in [-0.15, -0.1) is 0 Å². The molecule has 0 bridgehead atoms. The number of hydrogen-bond acceptors (Lipinski definition) is 5. The monoisotopic (exact) mass is 267 g/mol. The molecule has 0 radical (unpaired) electrons. The van der Waals surface area contributed by atoms with Gasteiger partial charge in [0.05, 0.1) is 17.6 Å². The highest BCUT2D eigenvalue weighted by atomic mass is 16.6. The Kier molecular flexibility index (Phi) is 5.57. The van der Waals surface area contributed by atoms with E-state index in [0.717, 1.165) is 0 Å². The van der Waals surface area contributed by atoms with Crippen LogP contribution in [0.2, 0.25) is 0 Å². The van der Waals surface area contributed by atoms with E-state index in [-0.39, 0.29) is 16.7 Å². The molecule has 0 spiro atoms. The molecule has 6 nitrogen and oxygen atoms in total. The van der Waals surface area contributed by atoms with Crippen molar-refractivity contribution in [2.75, 3.05) is 37.5 Å². The predicted molar refractivity (Wildman–Crippen MR) is 77.0 cm³/mol. The average molecular weight is 267 g/mol. The Hall–Kier alpha value is -1.82. The summed E-state index contributed by atoms with van der Waals surface area (Å²) in [5, 5.41) is 14.0. The van der Waals surface area contributed by atoms with E-state index in [2.05, 4.69) is 5.32 Å². The third-order valence-electron chi connectivity index (χ3n) is 2.76. The van der Waals surface area contributed by atoms with Crippen molar-refractivity contribution < 1.29 is 9.66 Å². The zero-order valence-electron chi connectivity index (χ0n) is 11.8. The molecule has 0 atom stereocenters. The van der Waals surface area contributed by atoms with Crippen LogP contribution in [0.3, 0.4) is 0 Å². The Bertz CT molecular complexity index is 435. The van der Waals surface area contributed by atoms with Gasteiger partial charge in [-0.2, -0.15) is 0 Å². The largest absolute Gasteiger partial charge is 0.382 e. The van der Waals surface area contributed by atoms with Gasteiger partial charge in [0, 0.05) is 20.6 Å². The van der Waals surface area contributed by atoms with Crippen LogP contribution in [-0.2, 0) is 4.74 Å². The topological polar surface area (TPSA) is 67.6 Å². The van der Waals surface area contributed by atoms with Crippen molar-refractivity contribution in [3.05, 3.63) is 28.3 Å². The molecular weight excluding hydrogens is 246 g/mol. The minimum Gasteiger partial charge on any atom is -0.382 e. The van der Waals surface area contributed by atoms with Crippen molar-refractivity contribution >= 4 is 17.1 Å². The summed E-state index contributed by atoms with van der Waals surface area (Å²) >= 11 is 0. The lowest BCUT2D eigenvalue weighted by Crippen LogP contribution is -2.24. The van der Waals surface area contributed by atoms with E-state index in [4.69, 9.17) is 4.74 Å². The normalized spacial score (nSPS) is 10.6. The van der Waals surface area contributed by atoms with Gasteiger partial charge in [0.25, 0.3) is 0 Å². The van der Waals surface area contributed by atoms with Gasteiger partial charge in [0.15, 0.2) is 0 Å². The summed E-state index contributed by atoms with van der Waals surface area (Å²) in [6.45, 7) is 5.06. The molecule has 0 saturated carbocycles. The third-order valence-corrected chi connectivity index (χ3v) is 2.76. The van der Waals surface area contributed by atoms with Gasteiger partial charge in [-0.3, -0.25) is 10.1 Å². The van der Waals surface area contributed by atoms with Crippen LogP contribution in [0, 0.1) is 10.1 Å². The molecule has 0 unspecified atom stereocenters. The van der Waals surface area contributed by atoms with Crippen molar-refractivity contribution in [1.29, 1.82) is 0 Å². The summed E-state index contributed by atoms with van der Waals surface area (Å²) < 4.78 is 5.46.